The first-order valence-electron chi connectivity index (χ1n) is 12.5. The number of aromatic nitrogens is 1. The Morgan fingerprint density at radius 2 is 1.83 bits per heavy atom. The number of rotatable bonds is 9. The van der Waals surface area contributed by atoms with Gasteiger partial charge < -0.3 is 19.9 Å². The summed E-state index contributed by atoms with van der Waals surface area (Å²) in [5.41, 5.74) is 1.95. The molecule has 8 heteroatoms. The Balaban J connectivity index is 1.61. The lowest BCUT2D eigenvalue weighted by atomic mass is 10.1. The van der Waals surface area contributed by atoms with Crippen molar-refractivity contribution in [3.8, 4) is 11.3 Å². The predicted octanol–water partition coefficient (Wildman–Crippen LogP) is 4.56. The fourth-order valence-electron chi connectivity index (χ4n) is 4.41. The van der Waals surface area contributed by atoms with Crippen molar-refractivity contribution in [2.75, 3.05) is 39.4 Å². The van der Waals surface area contributed by atoms with Gasteiger partial charge in [0.1, 0.15) is 11.7 Å². The largest absolute Gasteiger partial charge is 0.379 e. The second-order valence-corrected chi connectivity index (χ2v) is 11.1. The van der Waals surface area contributed by atoms with Gasteiger partial charge in [-0.15, -0.1) is 11.3 Å². The smallest absolute Gasteiger partial charge is 0.271 e. The van der Waals surface area contributed by atoms with Gasteiger partial charge >= 0.3 is 0 Å². The Hall–Kier alpha value is -2.94. The summed E-state index contributed by atoms with van der Waals surface area (Å²) in [6.45, 7) is 10.4. The minimum absolute atomic E-state index is 0.167. The van der Waals surface area contributed by atoms with Gasteiger partial charge in [0.2, 0.25) is 5.91 Å². The van der Waals surface area contributed by atoms with Crippen molar-refractivity contribution in [1.82, 2.24) is 20.1 Å². The van der Waals surface area contributed by atoms with Crippen LogP contribution in [0.5, 0.6) is 0 Å². The van der Waals surface area contributed by atoms with Crippen molar-refractivity contribution in [3.05, 3.63) is 70.5 Å². The van der Waals surface area contributed by atoms with Gasteiger partial charge in [-0.3, -0.25) is 14.5 Å². The van der Waals surface area contributed by atoms with E-state index in [1.165, 1.54) is 11.3 Å². The lowest BCUT2D eigenvalue weighted by Gasteiger charge is -2.33. The Bertz CT molecular complexity index is 1120. The third kappa shape index (κ3) is 6.84. The zero-order valence-corrected chi connectivity index (χ0v) is 22.1. The summed E-state index contributed by atoms with van der Waals surface area (Å²) < 4.78 is 5.47. The van der Waals surface area contributed by atoms with Gasteiger partial charge in [0, 0.05) is 42.3 Å². The molecular formula is C28H36N4O3S. The lowest BCUT2D eigenvalue weighted by molar-refractivity contribution is -0.127. The molecule has 3 heterocycles. The molecular weight excluding hydrogens is 472 g/mol. The fraction of sp³-hybridized carbons (Fsp3) is 0.429. The molecule has 0 bridgehead atoms. The number of nitrogens with zero attached hydrogens (tertiary/aromatic N) is 2. The van der Waals surface area contributed by atoms with Crippen molar-refractivity contribution >= 4 is 23.2 Å². The van der Waals surface area contributed by atoms with Gasteiger partial charge in [0.15, 0.2) is 0 Å². The Labute approximate surface area is 217 Å². The molecule has 7 nitrogen and oxygen atoms in total. The number of nitrogens with one attached hydrogen (secondary N) is 2. The second kappa shape index (κ2) is 11.9. The molecule has 1 aliphatic heterocycles. The summed E-state index contributed by atoms with van der Waals surface area (Å²) in [5, 5.41) is 5.05. The number of morpholine rings is 1. The first-order chi connectivity index (χ1) is 17.3. The summed E-state index contributed by atoms with van der Waals surface area (Å²) in [5.74, 6) is -0.346. The minimum atomic E-state index is -0.704. The van der Waals surface area contributed by atoms with Crippen LogP contribution in [0, 0.1) is 0 Å². The average Bonchev–Trinajstić information content (AvgIpc) is 3.56. The molecule has 1 unspecified atom stereocenters. The topological polar surface area (TPSA) is 77.7 Å². The van der Waals surface area contributed by atoms with E-state index in [-0.39, 0.29) is 11.8 Å². The van der Waals surface area contributed by atoms with Gasteiger partial charge in [-0.2, -0.15) is 0 Å². The maximum atomic E-state index is 14.0. The number of ether oxygens (including phenoxy) is 1. The van der Waals surface area contributed by atoms with Crippen LogP contribution in [0.4, 0.5) is 0 Å². The lowest BCUT2D eigenvalue weighted by Crippen LogP contribution is -2.49. The van der Waals surface area contributed by atoms with E-state index >= 15 is 0 Å². The molecule has 0 saturated carbocycles. The molecule has 4 rings (SSSR count). The zero-order valence-electron chi connectivity index (χ0n) is 21.3. The van der Waals surface area contributed by atoms with Crippen molar-refractivity contribution in [1.29, 1.82) is 0 Å². The van der Waals surface area contributed by atoms with E-state index in [4.69, 9.17) is 4.74 Å². The highest BCUT2D eigenvalue weighted by Gasteiger charge is 2.34. The molecule has 3 aromatic rings. The van der Waals surface area contributed by atoms with Crippen LogP contribution in [0.3, 0.4) is 0 Å². The molecule has 0 spiro atoms. The van der Waals surface area contributed by atoms with Crippen molar-refractivity contribution in [2.24, 2.45) is 0 Å². The van der Waals surface area contributed by atoms with Crippen molar-refractivity contribution in [2.45, 2.75) is 38.8 Å². The summed E-state index contributed by atoms with van der Waals surface area (Å²) in [6, 6.07) is 16.8. The molecule has 1 saturated heterocycles. The SMILES string of the molecule is CC(C)(C)NC(=O)C(c1cccs1)N(CCCN1CCOCC1)C(=O)c1ccc(-c2ccccc2)[nH]1. The Morgan fingerprint density at radius 1 is 1.08 bits per heavy atom. The minimum Gasteiger partial charge on any atom is -0.379 e. The number of hydrogen-bond donors (Lipinski definition) is 2. The quantitative estimate of drug-likeness (QED) is 0.444. The van der Waals surface area contributed by atoms with Crippen LogP contribution in [0.2, 0.25) is 0 Å². The molecule has 192 valence electrons. The maximum Gasteiger partial charge on any atom is 0.271 e. The first kappa shape index (κ1) is 26.1. The third-order valence-corrected chi connectivity index (χ3v) is 7.03. The van der Waals surface area contributed by atoms with Crippen molar-refractivity contribution in [3.63, 3.8) is 0 Å². The number of amides is 2. The van der Waals surface area contributed by atoms with Crippen LogP contribution in [-0.2, 0) is 9.53 Å². The summed E-state index contributed by atoms with van der Waals surface area (Å²) in [4.78, 5) is 35.8. The molecule has 2 amide bonds. The molecule has 1 atom stereocenters. The van der Waals surface area contributed by atoms with Gasteiger partial charge in [-0.05, 0) is 56.3 Å². The van der Waals surface area contributed by atoms with Crippen molar-refractivity contribution < 1.29 is 14.3 Å². The Kier molecular flexibility index (Phi) is 8.61. The van der Waals surface area contributed by atoms with E-state index < -0.39 is 11.6 Å². The van der Waals surface area contributed by atoms with E-state index in [0.717, 1.165) is 55.4 Å². The van der Waals surface area contributed by atoms with Crippen LogP contribution >= 0.6 is 11.3 Å². The van der Waals surface area contributed by atoms with E-state index in [0.29, 0.717) is 12.2 Å². The highest BCUT2D eigenvalue weighted by Crippen LogP contribution is 2.29. The molecule has 1 aliphatic rings. The summed E-state index contributed by atoms with van der Waals surface area (Å²) >= 11 is 1.50. The number of benzene rings is 1. The average molecular weight is 509 g/mol. The number of carbonyl (C=O) groups is 2. The number of aromatic amines is 1. The molecule has 0 radical (unpaired) electrons. The molecule has 0 aliphatic carbocycles. The molecule has 36 heavy (non-hydrogen) atoms. The predicted molar refractivity (Wildman–Crippen MR) is 144 cm³/mol. The van der Waals surface area contributed by atoms with Gasteiger partial charge in [-0.1, -0.05) is 36.4 Å². The monoisotopic (exact) mass is 508 g/mol. The molecule has 1 aromatic carbocycles. The van der Waals surface area contributed by atoms with Crippen LogP contribution in [-0.4, -0.2) is 71.5 Å². The number of carbonyl (C=O) groups excluding carboxylic acids is 2. The van der Waals surface area contributed by atoms with Gasteiger partial charge in [0.05, 0.1) is 13.2 Å². The standard InChI is InChI=1S/C28H36N4O3S/c1-28(2,3)30-26(33)25(24-11-7-20-36-24)32(15-8-14-31-16-18-35-19-17-31)27(34)23-13-12-22(29-23)21-9-5-4-6-10-21/h4-7,9-13,20,25,29H,8,14-19H2,1-3H3,(H,30,33). The molecule has 2 aromatic heterocycles. The fourth-order valence-corrected chi connectivity index (χ4v) is 5.24. The second-order valence-electron chi connectivity index (χ2n) is 10.1. The normalized spacial score (nSPS) is 15.4. The van der Waals surface area contributed by atoms with Crippen LogP contribution in [0.25, 0.3) is 11.3 Å². The summed E-state index contributed by atoms with van der Waals surface area (Å²) in [7, 11) is 0. The third-order valence-electron chi connectivity index (χ3n) is 6.11. The zero-order chi connectivity index (χ0) is 25.5. The highest BCUT2D eigenvalue weighted by atomic mass is 32.1. The highest BCUT2D eigenvalue weighted by molar-refractivity contribution is 7.10. The van der Waals surface area contributed by atoms with Crippen LogP contribution < -0.4 is 5.32 Å². The van der Waals surface area contributed by atoms with Crippen LogP contribution in [0.15, 0.2) is 60.0 Å². The van der Waals surface area contributed by atoms with Gasteiger partial charge in [0.25, 0.3) is 5.91 Å². The number of H-pyrrole nitrogens is 1. The number of thiophene rings is 1. The van der Waals surface area contributed by atoms with Crippen LogP contribution in [0.1, 0.15) is 48.6 Å². The summed E-state index contributed by atoms with van der Waals surface area (Å²) in [6.07, 6.45) is 0.767. The van der Waals surface area contributed by atoms with E-state index in [1.54, 1.807) is 4.90 Å². The van der Waals surface area contributed by atoms with E-state index in [1.807, 2.05) is 80.7 Å². The van der Waals surface area contributed by atoms with E-state index in [2.05, 4.69) is 15.2 Å². The first-order valence-corrected chi connectivity index (χ1v) is 13.4. The molecule has 1 fully saturated rings. The molecule has 2 N–H and O–H groups in total. The Morgan fingerprint density at radius 3 is 2.50 bits per heavy atom. The maximum absolute atomic E-state index is 14.0. The van der Waals surface area contributed by atoms with Gasteiger partial charge in [-0.25, -0.2) is 0 Å². The number of hydrogen-bond acceptors (Lipinski definition) is 5. The van der Waals surface area contributed by atoms with E-state index in [9.17, 15) is 9.59 Å².